The minimum absolute atomic E-state index is 0.0560. The normalized spacial score (nSPS) is 20.6. The molecule has 2 N–H and O–H groups in total. The summed E-state index contributed by atoms with van der Waals surface area (Å²) in [6.07, 6.45) is 2.59. The number of pyridine rings is 1. The average Bonchev–Trinajstić information content (AvgIpc) is 3.21. The van der Waals surface area contributed by atoms with E-state index in [9.17, 15) is 9.18 Å². The van der Waals surface area contributed by atoms with Crippen molar-refractivity contribution in [3.05, 3.63) is 54.0 Å². The first-order valence-corrected chi connectivity index (χ1v) is 9.43. The Hall–Kier alpha value is -2.51. The van der Waals surface area contributed by atoms with Gasteiger partial charge in [0.1, 0.15) is 11.6 Å². The molecule has 0 radical (unpaired) electrons. The zero-order chi connectivity index (χ0) is 18.6. The van der Waals surface area contributed by atoms with E-state index in [1.807, 2.05) is 4.90 Å². The monoisotopic (exact) mass is 369 g/mol. The topological polar surface area (TPSA) is 60.5 Å². The molecule has 2 aromatic rings. The molecule has 1 aromatic heterocycles. The summed E-state index contributed by atoms with van der Waals surface area (Å²) < 4.78 is 14.0. The van der Waals surface area contributed by atoms with Gasteiger partial charge < -0.3 is 15.5 Å². The molecule has 1 aromatic carbocycles. The first-order valence-electron chi connectivity index (χ1n) is 9.43. The van der Waals surface area contributed by atoms with Gasteiger partial charge in [0.05, 0.1) is 11.3 Å². The third-order valence-electron chi connectivity index (χ3n) is 5.28. The highest BCUT2D eigenvalue weighted by atomic mass is 19.1. The van der Waals surface area contributed by atoms with Crippen LogP contribution in [-0.2, 0) is 0 Å². The third-order valence-corrected chi connectivity index (χ3v) is 5.28. The fourth-order valence-electron chi connectivity index (χ4n) is 3.81. The van der Waals surface area contributed by atoms with Crippen LogP contribution in [0.5, 0.6) is 0 Å². The summed E-state index contributed by atoms with van der Waals surface area (Å²) in [7, 11) is 0. The molecule has 0 saturated carbocycles. The number of para-hydroxylation sites is 1. The molecule has 2 aliphatic heterocycles. The van der Waals surface area contributed by atoms with Crippen LogP contribution in [0.15, 0.2) is 42.6 Å². The van der Waals surface area contributed by atoms with Gasteiger partial charge in [-0.1, -0.05) is 12.1 Å². The van der Waals surface area contributed by atoms with Crippen LogP contribution in [0.2, 0.25) is 0 Å². The van der Waals surface area contributed by atoms with Crippen LogP contribution in [0, 0.1) is 5.82 Å². The molecule has 2 fully saturated rings. The van der Waals surface area contributed by atoms with Crippen molar-refractivity contribution < 1.29 is 9.18 Å². The molecule has 27 heavy (non-hydrogen) atoms. The number of hydrogen-bond acceptors (Lipinski definition) is 5. The van der Waals surface area contributed by atoms with Crippen LogP contribution in [0.25, 0.3) is 0 Å². The number of piperazine rings is 1. The number of hydrogen-bond donors (Lipinski definition) is 2. The SMILES string of the molecule is O=C(c1cccnc1Nc1ccccc1F)N1CCC(N2CCNCC2)C1. The van der Waals surface area contributed by atoms with Gasteiger partial charge in [0, 0.05) is 51.5 Å². The number of amides is 1. The highest BCUT2D eigenvalue weighted by Crippen LogP contribution is 2.24. The van der Waals surface area contributed by atoms with Crippen LogP contribution < -0.4 is 10.6 Å². The molecule has 2 aliphatic rings. The number of benzene rings is 1. The van der Waals surface area contributed by atoms with Crippen LogP contribution in [-0.4, -0.2) is 66.0 Å². The predicted molar refractivity (Wildman–Crippen MR) is 103 cm³/mol. The van der Waals surface area contributed by atoms with Crippen molar-refractivity contribution in [2.24, 2.45) is 0 Å². The predicted octanol–water partition coefficient (Wildman–Crippen LogP) is 2.08. The molecule has 4 rings (SSSR count). The molecule has 7 heteroatoms. The van der Waals surface area contributed by atoms with E-state index in [4.69, 9.17) is 0 Å². The number of nitrogens with one attached hydrogen (secondary N) is 2. The summed E-state index contributed by atoms with van der Waals surface area (Å²) in [5.41, 5.74) is 0.784. The second-order valence-electron chi connectivity index (χ2n) is 6.98. The molecule has 1 amide bonds. The molecule has 6 nitrogen and oxygen atoms in total. The number of anilines is 2. The smallest absolute Gasteiger partial charge is 0.257 e. The average molecular weight is 369 g/mol. The third kappa shape index (κ3) is 3.94. The zero-order valence-corrected chi connectivity index (χ0v) is 15.2. The lowest BCUT2D eigenvalue weighted by atomic mass is 10.2. The number of likely N-dealkylation sites (tertiary alicyclic amines) is 1. The highest BCUT2D eigenvalue weighted by molar-refractivity contribution is 5.99. The van der Waals surface area contributed by atoms with E-state index < -0.39 is 0 Å². The van der Waals surface area contributed by atoms with Crippen molar-refractivity contribution in [1.29, 1.82) is 0 Å². The maximum absolute atomic E-state index is 14.0. The van der Waals surface area contributed by atoms with E-state index in [0.717, 1.165) is 45.7 Å². The quantitative estimate of drug-likeness (QED) is 0.864. The van der Waals surface area contributed by atoms with E-state index in [0.29, 0.717) is 23.1 Å². The Kier molecular flexibility index (Phi) is 5.31. The summed E-state index contributed by atoms with van der Waals surface area (Å²) in [6.45, 7) is 5.53. The molecular weight excluding hydrogens is 345 g/mol. The van der Waals surface area contributed by atoms with Gasteiger partial charge in [0.15, 0.2) is 0 Å². The Bertz CT molecular complexity index is 808. The van der Waals surface area contributed by atoms with Gasteiger partial charge in [0.2, 0.25) is 0 Å². The summed E-state index contributed by atoms with van der Waals surface area (Å²) in [6, 6.07) is 10.3. The summed E-state index contributed by atoms with van der Waals surface area (Å²) in [4.78, 5) is 21.7. The molecular formula is C20H24FN5O. The van der Waals surface area contributed by atoms with Gasteiger partial charge in [0.25, 0.3) is 5.91 Å². The number of halogens is 1. The number of carbonyl (C=O) groups is 1. The summed E-state index contributed by atoms with van der Waals surface area (Å²) in [5, 5.41) is 6.33. The maximum atomic E-state index is 14.0. The molecule has 2 saturated heterocycles. The second-order valence-corrected chi connectivity index (χ2v) is 6.98. The number of aromatic nitrogens is 1. The fraction of sp³-hybridized carbons (Fsp3) is 0.400. The van der Waals surface area contributed by atoms with Crippen molar-refractivity contribution in [1.82, 2.24) is 20.1 Å². The lowest BCUT2D eigenvalue weighted by molar-refractivity contribution is 0.0774. The van der Waals surface area contributed by atoms with Gasteiger partial charge >= 0.3 is 0 Å². The van der Waals surface area contributed by atoms with Crippen molar-refractivity contribution in [2.45, 2.75) is 12.5 Å². The molecule has 1 unspecified atom stereocenters. The molecule has 142 valence electrons. The van der Waals surface area contributed by atoms with Gasteiger partial charge in [-0.05, 0) is 30.7 Å². The first kappa shape index (κ1) is 17.9. The van der Waals surface area contributed by atoms with E-state index in [1.165, 1.54) is 6.07 Å². The van der Waals surface area contributed by atoms with Gasteiger partial charge in [-0.25, -0.2) is 9.37 Å². The van der Waals surface area contributed by atoms with E-state index in [2.05, 4.69) is 20.5 Å². The minimum atomic E-state index is -0.374. The summed E-state index contributed by atoms with van der Waals surface area (Å²) in [5.74, 6) is -0.0423. The lowest BCUT2D eigenvalue weighted by Gasteiger charge is -2.32. The Balaban J connectivity index is 1.48. The fourth-order valence-corrected chi connectivity index (χ4v) is 3.81. The Morgan fingerprint density at radius 3 is 2.78 bits per heavy atom. The zero-order valence-electron chi connectivity index (χ0n) is 15.2. The van der Waals surface area contributed by atoms with Crippen molar-refractivity contribution in [2.75, 3.05) is 44.6 Å². The van der Waals surface area contributed by atoms with E-state index in [-0.39, 0.29) is 11.7 Å². The maximum Gasteiger partial charge on any atom is 0.257 e. The number of carbonyl (C=O) groups excluding carboxylic acids is 1. The van der Waals surface area contributed by atoms with E-state index in [1.54, 1.807) is 36.5 Å². The highest BCUT2D eigenvalue weighted by Gasteiger charge is 2.32. The molecule has 0 spiro atoms. The number of nitrogens with zero attached hydrogens (tertiary/aromatic N) is 3. The van der Waals surface area contributed by atoms with Crippen LogP contribution in [0.4, 0.5) is 15.9 Å². The standard InChI is InChI=1S/C20H24FN5O/c21-17-5-1-2-6-18(17)24-19-16(4-3-8-23-19)20(27)26-11-7-15(14-26)25-12-9-22-10-13-25/h1-6,8,15,22H,7,9-14H2,(H,23,24). The van der Waals surface area contributed by atoms with Crippen molar-refractivity contribution in [3.8, 4) is 0 Å². The Morgan fingerprint density at radius 1 is 1.15 bits per heavy atom. The minimum Gasteiger partial charge on any atom is -0.337 e. The van der Waals surface area contributed by atoms with Crippen molar-refractivity contribution >= 4 is 17.4 Å². The van der Waals surface area contributed by atoms with Crippen LogP contribution in [0.1, 0.15) is 16.8 Å². The summed E-state index contributed by atoms with van der Waals surface area (Å²) >= 11 is 0. The Labute approximate surface area is 158 Å². The molecule has 1 atom stereocenters. The second kappa shape index (κ2) is 8.02. The molecule has 0 bridgehead atoms. The van der Waals surface area contributed by atoms with Crippen molar-refractivity contribution in [3.63, 3.8) is 0 Å². The van der Waals surface area contributed by atoms with Crippen LogP contribution in [0.3, 0.4) is 0 Å². The largest absolute Gasteiger partial charge is 0.337 e. The van der Waals surface area contributed by atoms with Gasteiger partial charge in [-0.3, -0.25) is 9.69 Å². The molecule has 0 aliphatic carbocycles. The molecule has 3 heterocycles. The van der Waals surface area contributed by atoms with E-state index >= 15 is 0 Å². The van der Waals surface area contributed by atoms with Gasteiger partial charge in [-0.15, -0.1) is 0 Å². The number of rotatable bonds is 4. The lowest BCUT2D eigenvalue weighted by Crippen LogP contribution is -2.49. The van der Waals surface area contributed by atoms with Crippen LogP contribution >= 0.6 is 0 Å². The first-order chi connectivity index (χ1) is 13.2. The van der Waals surface area contributed by atoms with Gasteiger partial charge in [-0.2, -0.15) is 0 Å². The Morgan fingerprint density at radius 2 is 1.96 bits per heavy atom.